The molecule has 0 amide bonds. The molecule has 0 aromatic carbocycles. The fourth-order valence-electron chi connectivity index (χ4n) is 0.793. The molecule has 0 aliphatic rings. The Balaban J connectivity index is 4.60. The zero-order valence-electron chi connectivity index (χ0n) is 7.52. The van der Waals surface area contributed by atoms with Gasteiger partial charge in [0, 0.05) is 11.5 Å². The van der Waals surface area contributed by atoms with Crippen molar-refractivity contribution >= 4 is 17.4 Å². The molecule has 12 heavy (non-hydrogen) atoms. The fraction of sp³-hybridized carbons (Fsp3) is 0.444. The van der Waals surface area contributed by atoms with E-state index in [0.29, 0.717) is 10.6 Å². The van der Waals surface area contributed by atoms with E-state index in [-0.39, 0.29) is 18.0 Å². The summed E-state index contributed by atoms with van der Waals surface area (Å²) in [6.07, 6.45) is 1.77. The summed E-state index contributed by atoms with van der Waals surface area (Å²) in [4.78, 5) is 10.7. The van der Waals surface area contributed by atoms with E-state index in [1.165, 1.54) is 13.0 Å². The van der Waals surface area contributed by atoms with Crippen molar-refractivity contribution in [3.63, 3.8) is 0 Å². The molecular weight excluding hydrogens is 176 g/mol. The van der Waals surface area contributed by atoms with Crippen molar-refractivity contribution in [3.8, 4) is 0 Å². The first-order chi connectivity index (χ1) is 5.43. The lowest BCUT2D eigenvalue weighted by molar-refractivity contribution is -0.116. The molecule has 0 radical (unpaired) electrons. The first-order valence-corrected chi connectivity index (χ1v) is 4.03. The number of carbonyl (C=O) groups is 1. The summed E-state index contributed by atoms with van der Waals surface area (Å²) in [5, 5.41) is 9.48. The monoisotopic (exact) mass is 188 g/mol. The summed E-state index contributed by atoms with van der Waals surface area (Å²) in [6, 6.07) is 0. The summed E-state index contributed by atoms with van der Waals surface area (Å²) in [5.41, 5.74) is 0.671. The van der Waals surface area contributed by atoms with Crippen molar-refractivity contribution in [2.75, 3.05) is 0 Å². The van der Waals surface area contributed by atoms with Gasteiger partial charge in [0.15, 0.2) is 0 Å². The molecule has 0 fully saturated rings. The molecule has 0 aliphatic carbocycles. The van der Waals surface area contributed by atoms with Crippen LogP contribution in [0, 0.1) is 0 Å². The first kappa shape index (κ1) is 11.2. The van der Waals surface area contributed by atoms with E-state index in [9.17, 15) is 4.79 Å². The zero-order chi connectivity index (χ0) is 9.72. The van der Waals surface area contributed by atoms with Gasteiger partial charge in [-0.3, -0.25) is 4.79 Å². The Bertz CT molecular complexity index is 231. The minimum Gasteiger partial charge on any atom is -0.513 e. The topological polar surface area (TPSA) is 37.3 Å². The summed E-state index contributed by atoms with van der Waals surface area (Å²) >= 11 is 5.70. The van der Waals surface area contributed by atoms with Crippen molar-refractivity contribution in [1.82, 2.24) is 0 Å². The number of aliphatic hydroxyl groups excluding tert-OH is 1. The Morgan fingerprint density at radius 3 is 2.17 bits per heavy atom. The van der Waals surface area contributed by atoms with Crippen LogP contribution < -0.4 is 0 Å². The smallest absolute Gasteiger partial charge is 0.134 e. The van der Waals surface area contributed by atoms with E-state index >= 15 is 0 Å². The SMILES string of the molecule is CC(=O)CC(/C=C(\C)O)=C(/C)Cl. The fourth-order valence-corrected chi connectivity index (χ4v) is 0.914. The third kappa shape index (κ3) is 4.97. The van der Waals surface area contributed by atoms with Crippen LogP contribution in [-0.2, 0) is 4.79 Å². The second-order valence-electron chi connectivity index (χ2n) is 2.72. The lowest BCUT2D eigenvalue weighted by Gasteiger charge is -2.00. The van der Waals surface area contributed by atoms with Gasteiger partial charge in [0.05, 0.1) is 5.76 Å². The number of allylic oxidation sites excluding steroid dienone is 4. The average Bonchev–Trinajstić information content (AvgIpc) is 1.83. The van der Waals surface area contributed by atoms with Gasteiger partial charge in [-0.1, -0.05) is 11.6 Å². The van der Waals surface area contributed by atoms with Gasteiger partial charge in [-0.25, -0.2) is 0 Å². The van der Waals surface area contributed by atoms with Gasteiger partial charge in [-0.15, -0.1) is 0 Å². The molecule has 0 bridgehead atoms. The molecule has 0 aromatic rings. The Kier molecular flexibility index (Phi) is 4.67. The minimum absolute atomic E-state index is 0.0301. The minimum atomic E-state index is 0.0301. The van der Waals surface area contributed by atoms with Crippen molar-refractivity contribution in [2.24, 2.45) is 0 Å². The highest BCUT2D eigenvalue weighted by molar-refractivity contribution is 6.29. The molecule has 0 aromatic heterocycles. The van der Waals surface area contributed by atoms with E-state index in [0.717, 1.165) is 0 Å². The van der Waals surface area contributed by atoms with Gasteiger partial charge >= 0.3 is 0 Å². The van der Waals surface area contributed by atoms with Gasteiger partial charge in [0.25, 0.3) is 0 Å². The molecule has 0 rings (SSSR count). The van der Waals surface area contributed by atoms with E-state index in [1.807, 2.05) is 0 Å². The number of halogens is 1. The lowest BCUT2D eigenvalue weighted by Crippen LogP contribution is -1.93. The van der Waals surface area contributed by atoms with Crippen molar-refractivity contribution in [1.29, 1.82) is 0 Å². The van der Waals surface area contributed by atoms with E-state index in [4.69, 9.17) is 16.7 Å². The second-order valence-corrected chi connectivity index (χ2v) is 3.29. The van der Waals surface area contributed by atoms with Crippen LogP contribution in [0.25, 0.3) is 0 Å². The van der Waals surface area contributed by atoms with Crippen LogP contribution in [0.5, 0.6) is 0 Å². The van der Waals surface area contributed by atoms with Crippen molar-refractivity contribution in [3.05, 3.63) is 22.4 Å². The molecule has 2 nitrogen and oxygen atoms in total. The normalized spacial score (nSPS) is 14.2. The van der Waals surface area contributed by atoms with Crippen LogP contribution in [0.2, 0.25) is 0 Å². The van der Waals surface area contributed by atoms with Gasteiger partial charge in [0.2, 0.25) is 0 Å². The van der Waals surface area contributed by atoms with Crippen LogP contribution in [0.4, 0.5) is 0 Å². The Morgan fingerprint density at radius 1 is 1.42 bits per heavy atom. The zero-order valence-corrected chi connectivity index (χ0v) is 8.27. The molecule has 0 saturated heterocycles. The summed E-state index contributed by atoms with van der Waals surface area (Å²) in [5.74, 6) is 0.189. The van der Waals surface area contributed by atoms with Crippen LogP contribution in [0.1, 0.15) is 27.2 Å². The van der Waals surface area contributed by atoms with Crippen LogP contribution in [0.3, 0.4) is 0 Å². The Morgan fingerprint density at radius 2 is 1.92 bits per heavy atom. The second kappa shape index (κ2) is 4.99. The average molecular weight is 189 g/mol. The van der Waals surface area contributed by atoms with E-state index in [1.54, 1.807) is 13.8 Å². The predicted octanol–water partition coefficient (Wildman–Crippen LogP) is 2.94. The van der Waals surface area contributed by atoms with Crippen LogP contribution >= 0.6 is 11.6 Å². The molecule has 0 aliphatic heterocycles. The number of carbonyl (C=O) groups excluding carboxylic acids is 1. The highest BCUT2D eigenvalue weighted by Gasteiger charge is 2.02. The van der Waals surface area contributed by atoms with E-state index < -0.39 is 0 Å². The number of aliphatic hydroxyl groups is 1. The summed E-state index contributed by atoms with van der Waals surface area (Å²) < 4.78 is 0. The van der Waals surface area contributed by atoms with Gasteiger partial charge < -0.3 is 5.11 Å². The summed E-state index contributed by atoms with van der Waals surface area (Å²) in [6.45, 7) is 4.72. The molecule has 68 valence electrons. The maximum Gasteiger partial charge on any atom is 0.134 e. The highest BCUT2D eigenvalue weighted by atomic mass is 35.5. The number of ketones is 1. The van der Waals surface area contributed by atoms with Gasteiger partial charge in [-0.2, -0.15) is 0 Å². The summed E-state index contributed by atoms with van der Waals surface area (Å²) in [7, 11) is 0. The van der Waals surface area contributed by atoms with Gasteiger partial charge in [-0.05, 0) is 32.4 Å². The highest BCUT2D eigenvalue weighted by Crippen LogP contribution is 2.15. The number of hydrogen-bond acceptors (Lipinski definition) is 2. The maximum absolute atomic E-state index is 10.7. The molecule has 1 N–H and O–H groups in total. The molecule has 0 saturated carbocycles. The molecule has 0 spiro atoms. The molecule has 3 heteroatoms. The lowest BCUT2D eigenvalue weighted by atomic mass is 10.1. The van der Waals surface area contributed by atoms with Crippen molar-refractivity contribution in [2.45, 2.75) is 27.2 Å². The molecule has 0 heterocycles. The largest absolute Gasteiger partial charge is 0.513 e. The third-order valence-electron chi connectivity index (χ3n) is 1.26. The van der Waals surface area contributed by atoms with Gasteiger partial charge in [0.1, 0.15) is 5.78 Å². The van der Waals surface area contributed by atoms with Crippen molar-refractivity contribution < 1.29 is 9.90 Å². The molecule has 0 atom stereocenters. The number of rotatable bonds is 3. The number of hydrogen-bond donors (Lipinski definition) is 1. The predicted molar refractivity (Wildman–Crippen MR) is 50.2 cm³/mol. The first-order valence-electron chi connectivity index (χ1n) is 3.65. The molecular formula is C9H13ClO2. The standard InChI is InChI=1S/C9H13ClO2/c1-6(11)4-9(8(3)10)5-7(2)12/h4,11H,5H2,1-3H3/b6-4+,9-8-. The quantitative estimate of drug-likeness (QED) is 0.546. The van der Waals surface area contributed by atoms with Crippen LogP contribution in [0.15, 0.2) is 22.4 Å². The third-order valence-corrected chi connectivity index (χ3v) is 1.51. The maximum atomic E-state index is 10.7. The van der Waals surface area contributed by atoms with E-state index in [2.05, 4.69) is 0 Å². The number of Topliss-reactive ketones (excluding diaryl/α,β-unsaturated/α-hetero) is 1. The van der Waals surface area contributed by atoms with Crippen LogP contribution in [-0.4, -0.2) is 10.9 Å². The Hall–Kier alpha value is -0.760. The molecule has 0 unspecified atom stereocenters. The Labute approximate surface area is 77.5 Å².